The van der Waals surface area contributed by atoms with Gasteiger partial charge in [0.2, 0.25) is 0 Å². The maximum atomic E-state index is 9.17. The fraction of sp³-hybridized carbons (Fsp3) is 0.400. The molecular formula is C10H16N2O. The molecule has 3 heteroatoms. The average molecular weight is 180 g/mol. The van der Waals surface area contributed by atoms with E-state index in [0.29, 0.717) is 5.69 Å². The van der Waals surface area contributed by atoms with Crippen LogP contribution in [0.15, 0.2) is 18.2 Å². The molecule has 0 aliphatic heterocycles. The number of benzene rings is 1. The van der Waals surface area contributed by atoms with Crippen LogP contribution in [-0.4, -0.2) is 18.2 Å². The number of nitrogens with zero attached hydrogens (tertiary/aromatic N) is 1. The van der Waals surface area contributed by atoms with Crippen molar-refractivity contribution in [3.05, 3.63) is 18.2 Å². The Bertz CT molecular complexity index is 282. The second-order valence-electron chi connectivity index (χ2n) is 2.92. The number of hydrogen-bond acceptors (Lipinski definition) is 3. The molecule has 0 heterocycles. The van der Waals surface area contributed by atoms with E-state index in [0.717, 1.165) is 18.8 Å². The van der Waals surface area contributed by atoms with Gasteiger partial charge in [-0.05, 0) is 26.0 Å². The maximum absolute atomic E-state index is 9.17. The Morgan fingerprint density at radius 1 is 1.31 bits per heavy atom. The van der Waals surface area contributed by atoms with Crippen LogP contribution >= 0.6 is 0 Å². The molecule has 0 bridgehead atoms. The summed E-state index contributed by atoms with van der Waals surface area (Å²) in [5.41, 5.74) is 7.39. The number of phenols is 1. The molecule has 72 valence electrons. The highest BCUT2D eigenvalue weighted by Gasteiger charge is 2.05. The molecule has 0 spiro atoms. The molecule has 0 unspecified atom stereocenters. The zero-order valence-electron chi connectivity index (χ0n) is 8.12. The van der Waals surface area contributed by atoms with Crippen molar-refractivity contribution >= 4 is 11.4 Å². The fourth-order valence-electron chi connectivity index (χ4n) is 1.39. The predicted octanol–water partition coefficient (Wildman–Crippen LogP) is 1.82. The van der Waals surface area contributed by atoms with Gasteiger partial charge in [-0.1, -0.05) is 0 Å². The number of anilines is 2. The molecular weight excluding hydrogens is 164 g/mol. The number of nitrogen functional groups attached to an aromatic ring is 1. The smallest absolute Gasteiger partial charge is 0.117 e. The lowest BCUT2D eigenvalue weighted by Crippen LogP contribution is -2.22. The molecule has 3 N–H and O–H groups in total. The van der Waals surface area contributed by atoms with Gasteiger partial charge in [-0.25, -0.2) is 0 Å². The zero-order chi connectivity index (χ0) is 9.84. The Labute approximate surface area is 78.8 Å². The highest BCUT2D eigenvalue weighted by atomic mass is 16.3. The summed E-state index contributed by atoms with van der Waals surface area (Å²) in [5.74, 6) is 0.216. The summed E-state index contributed by atoms with van der Waals surface area (Å²) in [5, 5.41) is 9.17. The lowest BCUT2D eigenvalue weighted by molar-refractivity contribution is 0.475. The quantitative estimate of drug-likeness (QED) is 0.697. The molecule has 0 atom stereocenters. The summed E-state index contributed by atoms with van der Waals surface area (Å²) >= 11 is 0. The first-order chi connectivity index (χ1) is 6.19. The van der Waals surface area contributed by atoms with E-state index in [1.165, 1.54) is 0 Å². The van der Waals surface area contributed by atoms with Crippen molar-refractivity contribution in [3.63, 3.8) is 0 Å². The minimum absolute atomic E-state index is 0.216. The summed E-state index contributed by atoms with van der Waals surface area (Å²) in [6.07, 6.45) is 0. The van der Waals surface area contributed by atoms with Crippen LogP contribution in [0.4, 0.5) is 11.4 Å². The predicted molar refractivity (Wildman–Crippen MR) is 56.1 cm³/mol. The summed E-state index contributed by atoms with van der Waals surface area (Å²) in [6.45, 7) is 6.00. The van der Waals surface area contributed by atoms with Gasteiger partial charge in [-0.15, -0.1) is 0 Å². The van der Waals surface area contributed by atoms with Crippen molar-refractivity contribution in [3.8, 4) is 5.75 Å². The lowest BCUT2D eigenvalue weighted by atomic mass is 10.2. The maximum Gasteiger partial charge on any atom is 0.117 e. The molecule has 1 aromatic carbocycles. The van der Waals surface area contributed by atoms with Gasteiger partial charge < -0.3 is 15.7 Å². The molecule has 0 aliphatic rings. The molecule has 1 rings (SSSR count). The van der Waals surface area contributed by atoms with Gasteiger partial charge in [0, 0.05) is 19.2 Å². The topological polar surface area (TPSA) is 49.5 Å². The standard InChI is InChI=1S/C10H16N2O/c1-3-12(4-2)10-6-5-8(13)7-9(10)11/h5-7,13H,3-4,11H2,1-2H3. The molecule has 13 heavy (non-hydrogen) atoms. The summed E-state index contributed by atoms with van der Waals surface area (Å²) in [7, 11) is 0. The fourth-order valence-corrected chi connectivity index (χ4v) is 1.39. The zero-order valence-corrected chi connectivity index (χ0v) is 8.12. The molecule has 0 aliphatic carbocycles. The van der Waals surface area contributed by atoms with Crippen LogP contribution in [-0.2, 0) is 0 Å². The molecule has 0 saturated heterocycles. The third-order valence-corrected chi connectivity index (χ3v) is 2.12. The van der Waals surface area contributed by atoms with Crippen molar-refractivity contribution in [1.82, 2.24) is 0 Å². The van der Waals surface area contributed by atoms with Gasteiger partial charge >= 0.3 is 0 Å². The highest BCUT2D eigenvalue weighted by Crippen LogP contribution is 2.26. The minimum atomic E-state index is 0.216. The number of hydrogen-bond donors (Lipinski definition) is 2. The SMILES string of the molecule is CCN(CC)c1ccc(O)cc1N. The van der Waals surface area contributed by atoms with E-state index < -0.39 is 0 Å². The average Bonchev–Trinajstić information content (AvgIpc) is 2.10. The summed E-state index contributed by atoms with van der Waals surface area (Å²) < 4.78 is 0. The van der Waals surface area contributed by atoms with E-state index in [1.807, 2.05) is 6.07 Å². The van der Waals surface area contributed by atoms with Crippen LogP contribution in [0.2, 0.25) is 0 Å². The van der Waals surface area contributed by atoms with E-state index >= 15 is 0 Å². The van der Waals surface area contributed by atoms with Gasteiger partial charge in [0.25, 0.3) is 0 Å². The number of nitrogens with two attached hydrogens (primary N) is 1. The van der Waals surface area contributed by atoms with Crippen LogP contribution in [0.3, 0.4) is 0 Å². The van der Waals surface area contributed by atoms with Gasteiger partial charge in [0.1, 0.15) is 5.75 Å². The first-order valence-corrected chi connectivity index (χ1v) is 4.52. The number of rotatable bonds is 3. The first-order valence-electron chi connectivity index (χ1n) is 4.52. The molecule has 0 saturated carbocycles. The minimum Gasteiger partial charge on any atom is -0.508 e. The molecule has 0 amide bonds. The largest absolute Gasteiger partial charge is 0.508 e. The van der Waals surface area contributed by atoms with Crippen LogP contribution in [0.5, 0.6) is 5.75 Å². The van der Waals surface area contributed by atoms with Crippen LogP contribution in [0.25, 0.3) is 0 Å². The van der Waals surface area contributed by atoms with Crippen molar-refractivity contribution in [2.24, 2.45) is 0 Å². The van der Waals surface area contributed by atoms with E-state index in [9.17, 15) is 0 Å². The van der Waals surface area contributed by atoms with Crippen molar-refractivity contribution in [2.75, 3.05) is 23.7 Å². The monoisotopic (exact) mass is 180 g/mol. The van der Waals surface area contributed by atoms with E-state index in [4.69, 9.17) is 10.8 Å². The van der Waals surface area contributed by atoms with Crippen molar-refractivity contribution in [2.45, 2.75) is 13.8 Å². The number of phenolic OH excluding ortho intramolecular Hbond substituents is 1. The Morgan fingerprint density at radius 3 is 2.38 bits per heavy atom. The van der Waals surface area contributed by atoms with Crippen LogP contribution in [0, 0.1) is 0 Å². The van der Waals surface area contributed by atoms with Gasteiger partial charge in [0.05, 0.1) is 11.4 Å². The van der Waals surface area contributed by atoms with Crippen LogP contribution < -0.4 is 10.6 Å². The third kappa shape index (κ3) is 2.05. The van der Waals surface area contributed by atoms with E-state index in [1.54, 1.807) is 12.1 Å². The molecule has 1 aromatic rings. The third-order valence-electron chi connectivity index (χ3n) is 2.12. The van der Waals surface area contributed by atoms with Crippen molar-refractivity contribution < 1.29 is 5.11 Å². The first kappa shape index (κ1) is 9.71. The van der Waals surface area contributed by atoms with Gasteiger partial charge in [0.15, 0.2) is 0 Å². The van der Waals surface area contributed by atoms with Crippen molar-refractivity contribution in [1.29, 1.82) is 0 Å². The summed E-state index contributed by atoms with van der Waals surface area (Å²) in [4.78, 5) is 2.15. The molecule has 0 radical (unpaired) electrons. The molecule has 0 fully saturated rings. The Morgan fingerprint density at radius 2 is 1.92 bits per heavy atom. The lowest BCUT2D eigenvalue weighted by Gasteiger charge is -2.22. The highest BCUT2D eigenvalue weighted by molar-refractivity contribution is 5.69. The normalized spacial score (nSPS) is 10.0. The molecule has 3 nitrogen and oxygen atoms in total. The second kappa shape index (κ2) is 4.03. The summed E-state index contributed by atoms with van der Waals surface area (Å²) in [6, 6.07) is 5.08. The Kier molecular flexibility index (Phi) is 3.01. The second-order valence-corrected chi connectivity index (χ2v) is 2.92. The van der Waals surface area contributed by atoms with Crippen LogP contribution in [0.1, 0.15) is 13.8 Å². The molecule has 0 aromatic heterocycles. The van der Waals surface area contributed by atoms with E-state index in [2.05, 4.69) is 18.7 Å². The Hall–Kier alpha value is -1.38. The van der Waals surface area contributed by atoms with Gasteiger partial charge in [-0.2, -0.15) is 0 Å². The van der Waals surface area contributed by atoms with E-state index in [-0.39, 0.29) is 5.75 Å². The Balaban J connectivity index is 2.99. The number of aromatic hydroxyl groups is 1. The van der Waals surface area contributed by atoms with Gasteiger partial charge in [-0.3, -0.25) is 0 Å².